The molecule has 6 heteroatoms. The largest absolute Gasteiger partial charge is 0.508 e. The Labute approximate surface area is 149 Å². The van der Waals surface area contributed by atoms with Gasteiger partial charge < -0.3 is 19.6 Å². The molecule has 0 bridgehead atoms. The minimum atomic E-state index is -0.328. The quantitative estimate of drug-likeness (QED) is 0.690. The molecule has 0 aliphatic heterocycles. The molecule has 0 saturated carbocycles. The van der Waals surface area contributed by atoms with Crippen LogP contribution < -0.4 is 15.5 Å². The van der Waals surface area contributed by atoms with Crippen molar-refractivity contribution in [3.63, 3.8) is 0 Å². The Kier molecular flexibility index (Phi) is 5.03. The maximum atomic E-state index is 12.4. The first-order chi connectivity index (χ1) is 12.6. The molecule has 1 heterocycles. The standard InChI is InChI=1S/C20H17NO5/c1-25-16-6-2-13(3-7-16)11-21-19(23)9-4-14-12-26-18-10-15(22)5-8-17(18)20(14)24/h2-10,12,22H,11H2,1H3,(H,21,23)/b9-4+. The van der Waals surface area contributed by atoms with Crippen molar-refractivity contribution in [3.05, 3.63) is 76.2 Å². The van der Waals surface area contributed by atoms with Crippen molar-refractivity contribution in [2.75, 3.05) is 7.11 Å². The molecule has 0 aliphatic carbocycles. The predicted octanol–water partition coefficient (Wildman–Crippen LogP) is 2.84. The Bertz CT molecular complexity index is 1020. The Hall–Kier alpha value is -3.54. The first-order valence-corrected chi connectivity index (χ1v) is 7.90. The third-order valence-electron chi connectivity index (χ3n) is 3.82. The number of nitrogens with one attached hydrogen (secondary N) is 1. The van der Waals surface area contributed by atoms with E-state index < -0.39 is 0 Å². The summed E-state index contributed by atoms with van der Waals surface area (Å²) in [4.78, 5) is 24.3. The van der Waals surface area contributed by atoms with Gasteiger partial charge >= 0.3 is 0 Å². The molecule has 0 aliphatic rings. The van der Waals surface area contributed by atoms with Gasteiger partial charge in [0.15, 0.2) is 5.43 Å². The number of hydrogen-bond acceptors (Lipinski definition) is 5. The summed E-state index contributed by atoms with van der Waals surface area (Å²) in [5, 5.41) is 12.5. The molecule has 0 radical (unpaired) electrons. The minimum absolute atomic E-state index is 0.0156. The molecule has 0 unspecified atom stereocenters. The lowest BCUT2D eigenvalue weighted by Crippen LogP contribution is -2.20. The van der Waals surface area contributed by atoms with Gasteiger partial charge in [0.25, 0.3) is 0 Å². The molecule has 2 N–H and O–H groups in total. The van der Waals surface area contributed by atoms with Crippen LogP contribution in [-0.2, 0) is 11.3 Å². The van der Waals surface area contributed by atoms with E-state index in [1.807, 2.05) is 24.3 Å². The van der Waals surface area contributed by atoms with Gasteiger partial charge in [-0.1, -0.05) is 12.1 Å². The Morgan fingerprint density at radius 3 is 2.73 bits per heavy atom. The van der Waals surface area contributed by atoms with Crippen LogP contribution >= 0.6 is 0 Å². The number of carbonyl (C=O) groups excluding carboxylic acids is 1. The second-order valence-corrected chi connectivity index (χ2v) is 5.60. The third kappa shape index (κ3) is 3.92. The van der Waals surface area contributed by atoms with Crippen molar-refractivity contribution in [1.82, 2.24) is 5.32 Å². The van der Waals surface area contributed by atoms with Crippen LogP contribution in [0.3, 0.4) is 0 Å². The smallest absolute Gasteiger partial charge is 0.244 e. The summed E-state index contributed by atoms with van der Waals surface area (Å²) in [7, 11) is 1.59. The van der Waals surface area contributed by atoms with E-state index in [4.69, 9.17) is 9.15 Å². The number of ether oxygens (including phenoxy) is 1. The molecule has 1 amide bonds. The summed E-state index contributed by atoms with van der Waals surface area (Å²) >= 11 is 0. The molecule has 2 aromatic carbocycles. The molecule has 0 spiro atoms. The van der Waals surface area contributed by atoms with Gasteiger partial charge in [0, 0.05) is 18.7 Å². The van der Waals surface area contributed by atoms with Crippen LogP contribution in [0.15, 0.2) is 64.0 Å². The molecule has 26 heavy (non-hydrogen) atoms. The highest BCUT2D eigenvalue weighted by atomic mass is 16.5. The van der Waals surface area contributed by atoms with Crippen LogP contribution in [0.1, 0.15) is 11.1 Å². The Morgan fingerprint density at radius 2 is 2.00 bits per heavy atom. The minimum Gasteiger partial charge on any atom is -0.508 e. The predicted molar refractivity (Wildman–Crippen MR) is 98.0 cm³/mol. The molecule has 0 fully saturated rings. The Morgan fingerprint density at radius 1 is 1.23 bits per heavy atom. The number of phenolic OH excluding ortho intramolecular Hbond substituents is 1. The fourth-order valence-electron chi connectivity index (χ4n) is 2.40. The first kappa shape index (κ1) is 17.3. The van der Waals surface area contributed by atoms with Crippen LogP contribution in [0.4, 0.5) is 0 Å². The summed E-state index contributed by atoms with van der Waals surface area (Å²) in [5.41, 5.74) is 1.20. The van der Waals surface area contributed by atoms with E-state index in [1.54, 1.807) is 7.11 Å². The highest BCUT2D eigenvalue weighted by molar-refractivity contribution is 5.92. The molecule has 3 aromatic rings. The Balaban J connectivity index is 1.67. The molecule has 0 saturated heterocycles. The van der Waals surface area contributed by atoms with Gasteiger partial charge in [-0.3, -0.25) is 9.59 Å². The summed E-state index contributed by atoms with van der Waals surface area (Å²) in [6.45, 7) is 0.360. The number of amides is 1. The van der Waals surface area contributed by atoms with Gasteiger partial charge in [-0.05, 0) is 35.9 Å². The van der Waals surface area contributed by atoms with E-state index >= 15 is 0 Å². The fourth-order valence-corrected chi connectivity index (χ4v) is 2.40. The third-order valence-corrected chi connectivity index (χ3v) is 3.82. The van der Waals surface area contributed by atoms with Crippen molar-refractivity contribution < 1.29 is 19.1 Å². The van der Waals surface area contributed by atoms with Gasteiger partial charge in [-0.2, -0.15) is 0 Å². The number of carbonyl (C=O) groups is 1. The second-order valence-electron chi connectivity index (χ2n) is 5.60. The molecular weight excluding hydrogens is 334 g/mol. The average molecular weight is 351 g/mol. The van der Waals surface area contributed by atoms with Gasteiger partial charge in [-0.25, -0.2) is 0 Å². The van der Waals surface area contributed by atoms with Gasteiger partial charge in [-0.15, -0.1) is 0 Å². The lowest BCUT2D eigenvalue weighted by atomic mass is 10.1. The van der Waals surface area contributed by atoms with Crippen LogP contribution in [0.25, 0.3) is 17.0 Å². The number of hydrogen-bond donors (Lipinski definition) is 2. The maximum Gasteiger partial charge on any atom is 0.244 e. The number of fused-ring (bicyclic) bond motifs is 1. The van der Waals surface area contributed by atoms with Crippen molar-refractivity contribution in [2.45, 2.75) is 6.54 Å². The van der Waals surface area contributed by atoms with Crippen molar-refractivity contribution in [2.24, 2.45) is 0 Å². The van der Waals surface area contributed by atoms with Crippen LogP contribution in [0.2, 0.25) is 0 Å². The second kappa shape index (κ2) is 7.57. The summed E-state index contributed by atoms with van der Waals surface area (Å²) in [6.07, 6.45) is 3.95. The maximum absolute atomic E-state index is 12.4. The van der Waals surface area contributed by atoms with Crippen molar-refractivity contribution in [3.8, 4) is 11.5 Å². The zero-order valence-electron chi connectivity index (χ0n) is 14.1. The molecular formula is C20H17NO5. The van der Waals surface area contributed by atoms with E-state index in [1.165, 1.54) is 36.6 Å². The monoisotopic (exact) mass is 351 g/mol. The molecule has 6 nitrogen and oxygen atoms in total. The number of phenols is 1. The van der Waals surface area contributed by atoms with Crippen LogP contribution in [0, 0.1) is 0 Å². The normalized spacial score (nSPS) is 11.0. The first-order valence-electron chi connectivity index (χ1n) is 7.90. The number of aromatic hydroxyl groups is 1. The van der Waals surface area contributed by atoms with Crippen molar-refractivity contribution >= 4 is 23.0 Å². The number of methoxy groups -OCH3 is 1. The molecule has 3 rings (SSSR count). The fraction of sp³-hybridized carbons (Fsp3) is 0.100. The highest BCUT2D eigenvalue weighted by Gasteiger charge is 2.06. The van der Waals surface area contributed by atoms with E-state index in [0.717, 1.165) is 11.3 Å². The van der Waals surface area contributed by atoms with Gasteiger partial charge in [0.05, 0.1) is 18.1 Å². The van der Waals surface area contributed by atoms with E-state index in [0.29, 0.717) is 11.9 Å². The van der Waals surface area contributed by atoms with Crippen LogP contribution in [0.5, 0.6) is 11.5 Å². The van der Waals surface area contributed by atoms with E-state index in [9.17, 15) is 14.7 Å². The molecule has 0 atom stereocenters. The van der Waals surface area contributed by atoms with Crippen molar-refractivity contribution in [1.29, 1.82) is 0 Å². The van der Waals surface area contributed by atoms with Crippen LogP contribution in [-0.4, -0.2) is 18.1 Å². The zero-order chi connectivity index (χ0) is 18.5. The number of rotatable bonds is 5. The zero-order valence-corrected chi connectivity index (χ0v) is 14.1. The molecule has 132 valence electrons. The average Bonchev–Trinajstić information content (AvgIpc) is 2.66. The van der Waals surface area contributed by atoms with E-state index in [-0.39, 0.29) is 28.2 Å². The van der Waals surface area contributed by atoms with Gasteiger partial charge in [0.2, 0.25) is 5.91 Å². The summed E-state index contributed by atoms with van der Waals surface area (Å²) in [5.74, 6) is 0.434. The topological polar surface area (TPSA) is 88.8 Å². The summed E-state index contributed by atoms with van der Waals surface area (Å²) in [6, 6.07) is 11.6. The lowest BCUT2D eigenvalue weighted by molar-refractivity contribution is -0.116. The number of benzene rings is 2. The molecule has 1 aromatic heterocycles. The van der Waals surface area contributed by atoms with Gasteiger partial charge in [0.1, 0.15) is 23.3 Å². The van der Waals surface area contributed by atoms with E-state index in [2.05, 4.69) is 5.32 Å². The summed E-state index contributed by atoms with van der Waals surface area (Å²) < 4.78 is 10.4. The highest BCUT2D eigenvalue weighted by Crippen LogP contribution is 2.18. The lowest BCUT2D eigenvalue weighted by Gasteiger charge is -2.04. The SMILES string of the molecule is COc1ccc(CNC(=O)/C=C/c2coc3cc(O)ccc3c2=O)cc1.